The van der Waals surface area contributed by atoms with E-state index in [1.807, 2.05) is 0 Å². The zero-order valence-corrected chi connectivity index (χ0v) is 10.5. The summed E-state index contributed by atoms with van der Waals surface area (Å²) in [6.07, 6.45) is 0. The molecule has 78 valence electrons. The molecule has 1 unspecified atom stereocenters. The highest BCUT2D eigenvalue weighted by molar-refractivity contribution is 9.11. The molecule has 0 aromatic heterocycles. The average molecular weight is 291 g/mol. The van der Waals surface area contributed by atoms with Gasteiger partial charge in [-0.3, -0.25) is 0 Å². The Morgan fingerprint density at radius 1 is 1.69 bits per heavy atom. The lowest BCUT2D eigenvalue weighted by Gasteiger charge is -2.09. The SMILES string of the molecule is C=C(Br)CNS(=O)(=O)CC(C)CCl. The first-order valence-electron chi connectivity index (χ1n) is 3.74. The maximum absolute atomic E-state index is 11.3. The lowest BCUT2D eigenvalue weighted by atomic mass is 10.3. The Morgan fingerprint density at radius 3 is 2.62 bits per heavy atom. The Kier molecular flexibility index (Phi) is 6.20. The van der Waals surface area contributed by atoms with Crippen LogP contribution in [0.25, 0.3) is 0 Å². The summed E-state index contributed by atoms with van der Waals surface area (Å²) in [5.41, 5.74) is 0. The van der Waals surface area contributed by atoms with Crippen LogP contribution >= 0.6 is 27.5 Å². The van der Waals surface area contributed by atoms with Gasteiger partial charge in [0.05, 0.1) is 5.75 Å². The normalized spacial score (nSPS) is 14.1. The van der Waals surface area contributed by atoms with Gasteiger partial charge in [-0.15, -0.1) is 11.6 Å². The second kappa shape index (κ2) is 6.01. The molecule has 1 N–H and O–H groups in total. The van der Waals surface area contributed by atoms with Crippen molar-refractivity contribution in [2.45, 2.75) is 6.92 Å². The van der Waals surface area contributed by atoms with Crippen LogP contribution in [0.2, 0.25) is 0 Å². The van der Waals surface area contributed by atoms with E-state index in [0.717, 1.165) is 0 Å². The van der Waals surface area contributed by atoms with E-state index in [1.165, 1.54) is 0 Å². The number of nitrogens with one attached hydrogen (secondary N) is 1. The molecule has 0 amide bonds. The van der Waals surface area contributed by atoms with E-state index in [9.17, 15) is 8.42 Å². The summed E-state index contributed by atoms with van der Waals surface area (Å²) in [7, 11) is -3.21. The third-order valence-electron chi connectivity index (χ3n) is 1.25. The molecule has 0 fully saturated rings. The van der Waals surface area contributed by atoms with E-state index in [4.69, 9.17) is 11.6 Å². The van der Waals surface area contributed by atoms with Gasteiger partial charge in [0.1, 0.15) is 0 Å². The van der Waals surface area contributed by atoms with Crippen LogP contribution in [0.15, 0.2) is 11.1 Å². The van der Waals surface area contributed by atoms with Crippen molar-refractivity contribution in [3.05, 3.63) is 11.1 Å². The minimum atomic E-state index is -3.21. The quantitative estimate of drug-likeness (QED) is 0.757. The van der Waals surface area contributed by atoms with Crippen LogP contribution in [-0.2, 0) is 10.0 Å². The molecule has 0 heterocycles. The van der Waals surface area contributed by atoms with E-state index in [0.29, 0.717) is 10.4 Å². The van der Waals surface area contributed by atoms with Crippen LogP contribution in [0.5, 0.6) is 0 Å². The molecule has 1 atom stereocenters. The first kappa shape index (κ1) is 13.4. The molecule has 6 heteroatoms. The van der Waals surface area contributed by atoms with Gasteiger partial charge in [-0.25, -0.2) is 13.1 Å². The van der Waals surface area contributed by atoms with Crippen molar-refractivity contribution in [1.82, 2.24) is 4.72 Å². The van der Waals surface area contributed by atoms with E-state index in [1.54, 1.807) is 6.92 Å². The number of sulfonamides is 1. The minimum Gasteiger partial charge on any atom is -0.212 e. The van der Waals surface area contributed by atoms with Crippen molar-refractivity contribution in [3.63, 3.8) is 0 Å². The van der Waals surface area contributed by atoms with Crippen LogP contribution in [-0.4, -0.2) is 26.6 Å². The Hall–Kier alpha value is 0.420. The van der Waals surface area contributed by atoms with Crippen molar-refractivity contribution in [1.29, 1.82) is 0 Å². The second-order valence-corrected chi connectivity index (χ2v) is 6.16. The fourth-order valence-electron chi connectivity index (χ4n) is 0.666. The zero-order chi connectivity index (χ0) is 10.5. The highest BCUT2D eigenvalue weighted by Gasteiger charge is 2.14. The molecule has 13 heavy (non-hydrogen) atoms. The Balaban J connectivity index is 4.02. The standard InChI is InChI=1S/C7H13BrClNO2S/c1-6(3-9)5-13(11,12)10-4-7(2)8/h6,10H,2-5H2,1H3. The van der Waals surface area contributed by atoms with Gasteiger partial charge in [-0.2, -0.15) is 0 Å². The van der Waals surface area contributed by atoms with E-state index in [-0.39, 0.29) is 18.2 Å². The van der Waals surface area contributed by atoms with Gasteiger partial charge in [0.2, 0.25) is 10.0 Å². The van der Waals surface area contributed by atoms with Crippen molar-refractivity contribution in [2.24, 2.45) is 5.92 Å². The number of hydrogen-bond acceptors (Lipinski definition) is 2. The molecule has 0 spiro atoms. The Morgan fingerprint density at radius 2 is 2.23 bits per heavy atom. The van der Waals surface area contributed by atoms with Crippen LogP contribution in [0.3, 0.4) is 0 Å². The molecule has 0 saturated carbocycles. The molecule has 0 aromatic rings. The minimum absolute atomic E-state index is 0.0391. The Labute approximate surface area is 92.7 Å². The number of halogens is 2. The smallest absolute Gasteiger partial charge is 0.212 e. The molecule has 0 aliphatic carbocycles. The predicted molar refractivity (Wildman–Crippen MR) is 59.7 cm³/mol. The molecule has 0 rings (SSSR count). The number of rotatable bonds is 6. The largest absolute Gasteiger partial charge is 0.212 e. The summed E-state index contributed by atoms with van der Waals surface area (Å²) < 4.78 is 25.5. The Bertz CT molecular complexity index is 266. The fraction of sp³-hybridized carbons (Fsp3) is 0.714. The van der Waals surface area contributed by atoms with E-state index in [2.05, 4.69) is 27.2 Å². The number of hydrogen-bond donors (Lipinski definition) is 1. The van der Waals surface area contributed by atoms with Gasteiger partial charge in [-0.05, 0) is 5.92 Å². The van der Waals surface area contributed by atoms with Crippen LogP contribution in [0.4, 0.5) is 0 Å². The zero-order valence-electron chi connectivity index (χ0n) is 7.39. The molecular formula is C7H13BrClNO2S. The lowest BCUT2D eigenvalue weighted by molar-refractivity contribution is 0.572. The molecule has 0 aliphatic heterocycles. The molecule has 3 nitrogen and oxygen atoms in total. The maximum atomic E-state index is 11.3. The van der Waals surface area contributed by atoms with Crippen LogP contribution in [0, 0.1) is 5.92 Å². The third kappa shape index (κ3) is 7.49. The average Bonchev–Trinajstić information content (AvgIpc) is 2.00. The van der Waals surface area contributed by atoms with Gasteiger partial charge in [0.25, 0.3) is 0 Å². The monoisotopic (exact) mass is 289 g/mol. The second-order valence-electron chi connectivity index (χ2n) is 2.88. The first-order valence-corrected chi connectivity index (χ1v) is 6.72. The van der Waals surface area contributed by atoms with Crippen LogP contribution < -0.4 is 4.72 Å². The van der Waals surface area contributed by atoms with Crippen molar-refractivity contribution in [3.8, 4) is 0 Å². The molecule has 0 aromatic carbocycles. The summed E-state index contributed by atoms with van der Waals surface area (Å²) in [4.78, 5) is 0. The number of alkyl halides is 1. The highest BCUT2D eigenvalue weighted by Crippen LogP contribution is 2.03. The predicted octanol–water partition coefficient (Wildman–Crippen LogP) is 1.69. The summed E-state index contributed by atoms with van der Waals surface area (Å²) in [5, 5.41) is 0. The maximum Gasteiger partial charge on any atom is 0.212 e. The van der Waals surface area contributed by atoms with Gasteiger partial charge >= 0.3 is 0 Å². The third-order valence-corrected chi connectivity index (χ3v) is 3.65. The van der Waals surface area contributed by atoms with Crippen molar-refractivity contribution >= 4 is 37.6 Å². The molecule has 0 bridgehead atoms. The van der Waals surface area contributed by atoms with Gasteiger partial charge in [0, 0.05) is 16.9 Å². The van der Waals surface area contributed by atoms with E-state index < -0.39 is 10.0 Å². The van der Waals surface area contributed by atoms with Gasteiger partial charge < -0.3 is 0 Å². The first-order chi connectivity index (χ1) is 5.87. The van der Waals surface area contributed by atoms with Gasteiger partial charge in [0.15, 0.2) is 0 Å². The summed E-state index contributed by atoms with van der Waals surface area (Å²) in [6.45, 7) is 5.53. The molecule has 0 saturated heterocycles. The molecule has 0 aliphatic rings. The van der Waals surface area contributed by atoms with Crippen LogP contribution in [0.1, 0.15) is 6.92 Å². The van der Waals surface area contributed by atoms with E-state index >= 15 is 0 Å². The lowest BCUT2D eigenvalue weighted by Crippen LogP contribution is -2.30. The molecule has 0 radical (unpaired) electrons. The summed E-state index contributed by atoms with van der Waals surface area (Å²) >= 11 is 8.56. The highest BCUT2D eigenvalue weighted by atomic mass is 79.9. The summed E-state index contributed by atoms with van der Waals surface area (Å²) in [6, 6.07) is 0. The summed E-state index contributed by atoms with van der Waals surface area (Å²) in [5.74, 6) is 0.357. The van der Waals surface area contributed by atoms with Crippen molar-refractivity contribution in [2.75, 3.05) is 18.2 Å². The van der Waals surface area contributed by atoms with Gasteiger partial charge in [-0.1, -0.05) is 29.4 Å². The fourth-order valence-corrected chi connectivity index (χ4v) is 2.61. The topological polar surface area (TPSA) is 46.2 Å². The molecular weight excluding hydrogens is 278 g/mol. The van der Waals surface area contributed by atoms with Crippen molar-refractivity contribution < 1.29 is 8.42 Å².